The fraction of sp³-hybridized carbons (Fsp3) is 0.500. The van der Waals surface area contributed by atoms with Gasteiger partial charge in [0, 0.05) is 6.04 Å². The molecule has 1 aromatic rings. The van der Waals surface area contributed by atoms with Crippen LogP contribution < -0.4 is 5.32 Å². The quantitative estimate of drug-likeness (QED) is 0.769. The summed E-state index contributed by atoms with van der Waals surface area (Å²) in [6.45, 7) is 0.168. The Kier molecular flexibility index (Phi) is 3.94. The largest absolute Gasteiger partial charge is 0.394 e. The molecular weight excluding hydrogens is 206 g/mol. The van der Waals surface area contributed by atoms with E-state index in [1.54, 1.807) is 11.3 Å². The van der Waals surface area contributed by atoms with Crippen LogP contribution in [-0.4, -0.2) is 17.8 Å². The zero-order valence-electron chi connectivity index (χ0n) is 8.73. The molecule has 0 bridgehead atoms. The summed E-state index contributed by atoms with van der Waals surface area (Å²) in [7, 11) is 0. The number of thiophene rings is 1. The molecule has 3 heteroatoms. The van der Waals surface area contributed by atoms with Gasteiger partial charge in [0.05, 0.1) is 12.6 Å². The first-order valence-corrected chi connectivity index (χ1v) is 6.40. The third kappa shape index (κ3) is 2.91. The third-order valence-electron chi connectivity index (χ3n) is 2.80. The van der Waals surface area contributed by atoms with Gasteiger partial charge in [0.2, 0.25) is 0 Å². The van der Waals surface area contributed by atoms with Crippen LogP contribution in [0.5, 0.6) is 0 Å². The van der Waals surface area contributed by atoms with E-state index in [1.165, 1.54) is 24.8 Å². The van der Waals surface area contributed by atoms with E-state index in [0.717, 1.165) is 0 Å². The highest BCUT2D eigenvalue weighted by atomic mass is 32.1. The molecule has 2 nitrogen and oxygen atoms in total. The highest BCUT2D eigenvalue weighted by molar-refractivity contribution is 7.07. The van der Waals surface area contributed by atoms with E-state index in [2.05, 4.69) is 34.3 Å². The van der Waals surface area contributed by atoms with Crippen molar-refractivity contribution in [2.24, 2.45) is 0 Å². The molecule has 1 heterocycles. The van der Waals surface area contributed by atoms with Crippen LogP contribution in [0.4, 0.5) is 0 Å². The molecule has 2 atom stereocenters. The van der Waals surface area contributed by atoms with E-state index in [1.807, 2.05) is 0 Å². The van der Waals surface area contributed by atoms with Crippen molar-refractivity contribution in [1.29, 1.82) is 0 Å². The van der Waals surface area contributed by atoms with Gasteiger partial charge in [-0.15, -0.1) is 0 Å². The first-order valence-electron chi connectivity index (χ1n) is 5.46. The summed E-state index contributed by atoms with van der Waals surface area (Å²) in [6.07, 6.45) is 8.06. The van der Waals surface area contributed by atoms with Gasteiger partial charge >= 0.3 is 0 Å². The van der Waals surface area contributed by atoms with Crippen LogP contribution in [-0.2, 0) is 0 Å². The Bertz CT molecular complexity index is 307. The van der Waals surface area contributed by atoms with Crippen molar-refractivity contribution in [3.05, 3.63) is 34.5 Å². The van der Waals surface area contributed by atoms with E-state index in [0.29, 0.717) is 6.04 Å². The molecule has 1 aliphatic rings. The number of allylic oxidation sites excluding steroid dienone is 1. The lowest BCUT2D eigenvalue weighted by atomic mass is 10.0. The Morgan fingerprint density at radius 2 is 2.53 bits per heavy atom. The van der Waals surface area contributed by atoms with Crippen LogP contribution in [0.1, 0.15) is 30.9 Å². The lowest BCUT2D eigenvalue weighted by Crippen LogP contribution is -2.34. The van der Waals surface area contributed by atoms with Gasteiger partial charge in [-0.05, 0) is 41.7 Å². The van der Waals surface area contributed by atoms with Crippen molar-refractivity contribution in [3.8, 4) is 0 Å². The summed E-state index contributed by atoms with van der Waals surface area (Å²) in [5.74, 6) is 0. The van der Waals surface area contributed by atoms with Crippen molar-refractivity contribution >= 4 is 11.3 Å². The maximum absolute atomic E-state index is 9.35. The van der Waals surface area contributed by atoms with Gasteiger partial charge in [0.1, 0.15) is 0 Å². The van der Waals surface area contributed by atoms with Gasteiger partial charge in [0.15, 0.2) is 0 Å². The normalized spacial score (nSPS) is 22.9. The summed E-state index contributed by atoms with van der Waals surface area (Å²) in [4.78, 5) is 0. The van der Waals surface area contributed by atoms with Crippen LogP contribution in [0.25, 0.3) is 0 Å². The van der Waals surface area contributed by atoms with Crippen molar-refractivity contribution in [2.45, 2.75) is 31.3 Å². The Morgan fingerprint density at radius 3 is 3.13 bits per heavy atom. The Hall–Kier alpha value is -0.640. The van der Waals surface area contributed by atoms with E-state index >= 15 is 0 Å². The number of hydrogen-bond donors (Lipinski definition) is 2. The molecule has 1 aliphatic carbocycles. The molecule has 2 rings (SSSR count). The second kappa shape index (κ2) is 5.45. The standard InChI is InChI=1S/C12H17NOS/c14-8-12(10-6-7-15-9-10)13-11-4-2-1-3-5-11/h2,4,6-7,9,11-14H,1,3,5,8H2. The van der Waals surface area contributed by atoms with Crippen molar-refractivity contribution in [2.75, 3.05) is 6.61 Å². The molecule has 0 saturated carbocycles. The molecule has 0 fully saturated rings. The fourth-order valence-electron chi connectivity index (χ4n) is 1.94. The number of aliphatic hydroxyl groups excluding tert-OH is 1. The SMILES string of the molecule is OCC(NC1C=CCCC1)c1ccsc1. The minimum absolute atomic E-state index is 0.0870. The molecule has 0 spiro atoms. The van der Waals surface area contributed by atoms with Crippen molar-refractivity contribution < 1.29 is 5.11 Å². The molecule has 0 aromatic carbocycles. The molecule has 0 radical (unpaired) electrons. The predicted molar refractivity (Wildman–Crippen MR) is 64.1 cm³/mol. The highest BCUT2D eigenvalue weighted by Gasteiger charge is 2.15. The summed E-state index contributed by atoms with van der Waals surface area (Å²) in [5, 5.41) is 17.0. The van der Waals surface area contributed by atoms with Crippen LogP contribution in [0.15, 0.2) is 29.0 Å². The lowest BCUT2D eigenvalue weighted by Gasteiger charge is -2.23. The zero-order valence-corrected chi connectivity index (χ0v) is 9.54. The number of nitrogens with one attached hydrogen (secondary N) is 1. The van der Waals surface area contributed by atoms with Gasteiger partial charge in [-0.1, -0.05) is 12.2 Å². The summed E-state index contributed by atoms with van der Waals surface area (Å²) in [5.41, 5.74) is 1.20. The zero-order chi connectivity index (χ0) is 10.5. The number of hydrogen-bond acceptors (Lipinski definition) is 3. The molecule has 1 aromatic heterocycles. The highest BCUT2D eigenvalue weighted by Crippen LogP contribution is 2.19. The molecular formula is C12H17NOS. The molecule has 82 valence electrons. The minimum atomic E-state index is 0.0870. The fourth-order valence-corrected chi connectivity index (χ4v) is 2.65. The molecule has 0 amide bonds. The third-order valence-corrected chi connectivity index (χ3v) is 3.50. The topological polar surface area (TPSA) is 32.3 Å². The van der Waals surface area contributed by atoms with Crippen molar-refractivity contribution in [1.82, 2.24) is 5.32 Å². The smallest absolute Gasteiger partial charge is 0.0626 e. The van der Waals surface area contributed by atoms with E-state index in [-0.39, 0.29) is 12.6 Å². The lowest BCUT2D eigenvalue weighted by molar-refractivity contribution is 0.236. The Labute approximate surface area is 94.6 Å². The Morgan fingerprint density at radius 1 is 1.60 bits per heavy atom. The van der Waals surface area contributed by atoms with E-state index < -0.39 is 0 Å². The molecule has 15 heavy (non-hydrogen) atoms. The first-order chi connectivity index (χ1) is 7.40. The predicted octanol–water partition coefficient (Wildman–Crippen LogP) is 2.48. The number of aliphatic hydroxyl groups is 1. The molecule has 0 aliphatic heterocycles. The van der Waals surface area contributed by atoms with Crippen LogP contribution in [0.2, 0.25) is 0 Å². The van der Waals surface area contributed by atoms with Gasteiger partial charge in [-0.2, -0.15) is 11.3 Å². The average molecular weight is 223 g/mol. The maximum atomic E-state index is 9.35. The monoisotopic (exact) mass is 223 g/mol. The van der Waals surface area contributed by atoms with E-state index in [9.17, 15) is 5.11 Å². The summed E-state index contributed by atoms with van der Waals surface area (Å²) < 4.78 is 0. The van der Waals surface area contributed by atoms with Crippen molar-refractivity contribution in [3.63, 3.8) is 0 Å². The van der Waals surface area contributed by atoms with Gasteiger partial charge < -0.3 is 10.4 Å². The molecule has 2 N–H and O–H groups in total. The summed E-state index contributed by atoms with van der Waals surface area (Å²) >= 11 is 1.68. The van der Waals surface area contributed by atoms with Crippen LogP contribution >= 0.6 is 11.3 Å². The minimum Gasteiger partial charge on any atom is -0.394 e. The van der Waals surface area contributed by atoms with Gasteiger partial charge in [-0.3, -0.25) is 0 Å². The van der Waals surface area contributed by atoms with Gasteiger partial charge in [0.25, 0.3) is 0 Å². The van der Waals surface area contributed by atoms with E-state index in [4.69, 9.17) is 0 Å². The summed E-state index contributed by atoms with van der Waals surface area (Å²) in [6, 6.07) is 2.59. The van der Waals surface area contributed by atoms with Gasteiger partial charge in [-0.25, -0.2) is 0 Å². The average Bonchev–Trinajstić information content (AvgIpc) is 2.81. The van der Waals surface area contributed by atoms with Crippen LogP contribution in [0.3, 0.4) is 0 Å². The second-order valence-electron chi connectivity index (χ2n) is 3.92. The van der Waals surface area contributed by atoms with Crippen LogP contribution in [0, 0.1) is 0 Å². The maximum Gasteiger partial charge on any atom is 0.0626 e. The number of rotatable bonds is 4. The molecule has 2 unspecified atom stereocenters. The molecule has 0 saturated heterocycles. The Balaban J connectivity index is 1.96. The first kappa shape index (κ1) is 10.9. The second-order valence-corrected chi connectivity index (χ2v) is 4.70.